The Balaban J connectivity index is 2.39. The van der Waals surface area contributed by atoms with Gasteiger partial charge in [-0.25, -0.2) is 0 Å². The van der Waals surface area contributed by atoms with E-state index in [2.05, 4.69) is 31.9 Å². The fraction of sp³-hybridized carbons (Fsp3) is 0.600. The highest BCUT2D eigenvalue weighted by atomic mass is 35.5. The van der Waals surface area contributed by atoms with Crippen molar-refractivity contribution < 1.29 is 0 Å². The first-order valence-corrected chi connectivity index (χ1v) is 7.09. The van der Waals surface area contributed by atoms with Crippen LogP contribution in [-0.2, 0) is 0 Å². The van der Waals surface area contributed by atoms with Crippen LogP contribution in [0.2, 0.25) is 5.02 Å². The van der Waals surface area contributed by atoms with Gasteiger partial charge >= 0.3 is 0 Å². The Hall–Kier alpha value is -0.570. The molecule has 0 aliphatic carbocycles. The van der Waals surface area contributed by atoms with Crippen LogP contribution in [0.25, 0.3) is 0 Å². The molecule has 0 amide bonds. The van der Waals surface area contributed by atoms with E-state index in [1.807, 2.05) is 18.2 Å². The van der Waals surface area contributed by atoms with E-state index in [-0.39, 0.29) is 0 Å². The fourth-order valence-corrected chi connectivity index (χ4v) is 2.24. The molecule has 2 unspecified atom stereocenters. The predicted molar refractivity (Wildman–Crippen MR) is 80.0 cm³/mol. The Bertz CT molecular complexity index is 352. The van der Waals surface area contributed by atoms with Gasteiger partial charge in [-0.05, 0) is 58.0 Å². The van der Waals surface area contributed by atoms with Crippen molar-refractivity contribution in [2.45, 2.75) is 45.2 Å². The summed E-state index contributed by atoms with van der Waals surface area (Å²) in [6, 6.07) is 8.83. The lowest BCUT2D eigenvalue weighted by molar-refractivity contribution is 0.255. The van der Waals surface area contributed by atoms with Gasteiger partial charge in [0.15, 0.2) is 0 Å². The van der Waals surface area contributed by atoms with Crippen molar-refractivity contribution in [2.75, 3.05) is 13.6 Å². The van der Waals surface area contributed by atoms with E-state index in [1.165, 1.54) is 18.4 Å². The van der Waals surface area contributed by atoms with Crippen LogP contribution in [0, 0.1) is 0 Å². The number of halogens is 1. The third-order valence-corrected chi connectivity index (χ3v) is 3.65. The zero-order valence-corrected chi connectivity index (χ0v) is 12.5. The topological polar surface area (TPSA) is 29.3 Å². The molecule has 0 bridgehead atoms. The van der Waals surface area contributed by atoms with Gasteiger partial charge in [-0.15, -0.1) is 0 Å². The van der Waals surface area contributed by atoms with Crippen molar-refractivity contribution in [1.29, 1.82) is 0 Å². The highest BCUT2D eigenvalue weighted by Gasteiger charge is 2.11. The van der Waals surface area contributed by atoms with E-state index in [0.29, 0.717) is 12.1 Å². The smallest absolute Gasteiger partial charge is 0.0409 e. The lowest BCUT2D eigenvalue weighted by atomic mass is 10.1. The summed E-state index contributed by atoms with van der Waals surface area (Å²) in [6.07, 6.45) is 3.51. The minimum absolute atomic E-state index is 0.320. The molecule has 0 spiro atoms. The van der Waals surface area contributed by atoms with Crippen LogP contribution in [0.5, 0.6) is 0 Å². The number of hydrogen-bond donors (Lipinski definition) is 1. The second-order valence-electron chi connectivity index (χ2n) is 5.18. The van der Waals surface area contributed by atoms with Gasteiger partial charge in [0.2, 0.25) is 0 Å². The summed E-state index contributed by atoms with van der Waals surface area (Å²) in [5.41, 5.74) is 7.02. The van der Waals surface area contributed by atoms with E-state index in [9.17, 15) is 0 Å². The van der Waals surface area contributed by atoms with Crippen molar-refractivity contribution in [3.63, 3.8) is 0 Å². The summed E-state index contributed by atoms with van der Waals surface area (Å²) in [5.74, 6) is 0. The zero-order chi connectivity index (χ0) is 13.5. The first-order valence-electron chi connectivity index (χ1n) is 6.72. The summed E-state index contributed by atoms with van der Waals surface area (Å²) >= 11 is 6.02. The maximum Gasteiger partial charge on any atom is 0.0409 e. The first kappa shape index (κ1) is 15.5. The Morgan fingerprint density at radius 1 is 1.28 bits per heavy atom. The number of hydrogen-bond acceptors (Lipinski definition) is 2. The Labute approximate surface area is 116 Å². The second kappa shape index (κ2) is 7.78. The molecule has 2 N–H and O–H groups in total. The number of nitrogens with zero attached hydrogens (tertiary/aromatic N) is 1. The molecule has 3 heteroatoms. The highest BCUT2D eigenvalue weighted by Crippen LogP contribution is 2.22. The lowest BCUT2D eigenvalue weighted by Gasteiger charge is -2.25. The summed E-state index contributed by atoms with van der Waals surface area (Å²) < 4.78 is 0. The van der Waals surface area contributed by atoms with Gasteiger partial charge < -0.3 is 5.73 Å². The van der Waals surface area contributed by atoms with Gasteiger partial charge in [0.05, 0.1) is 0 Å². The molecular weight excluding hydrogens is 244 g/mol. The monoisotopic (exact) mass is 268 g/mol. The minimum atomic E-state index is 0.320. The molecule has 1 aromatic rings. The van der Waals surface area contributed by atoms with Crippen molar-refractivity contribution >= 4 is 11.6 Å². The number of benzene rings is 1. The second-order valence-corrected chi connectivity index (χ2v) is 5.62. The van der Waals surface area contributed by atoms with Gasteiger partial charge in [0.1, 0.15) is 0 Å². The zero-order valence-electron chi connectivity index (χ0n) is 11.7. The molecular formula is C15H25ClN2. The van der Waals surface area contributed by atoms with E-state index in [4.69, 9.17) is 17.3 Å². The van der Waals surface area contributed by atoms with Gasteiger partial charge in [-0.1, -0.05) is 30.2 Å². The molecule has 0 heterocycles. The Morgan fingerprint density at radius 2 is 2.00 bits per heavy atom. The maximum atomic E-state index is 6.02. The normalized spacial score (nSPS) is 14.8. The van der Waals surface area contributed by atoms with E-state index in [1.54, 1.807) is 0 Å². The third kappa shape index (κ3) is 5.38. The molecule has 1 rings (SSSR count). The molecule has 0 aliphatic heterocycles. The van der Waals surface area contributed by atoms with E-state index in [0.717, 1.165) is 18.0 Å². The van der Waals surface area contributed by atoms with Crippen LogP contribution in [0.1, 0.15) is 44.7 Å². The standard InChI is InChI=1S/C15H25ClN2/c1-12(17)7-4-5-10-18(3)13(2)14-8-6-9-15(16)11-14/h6,8-9,11-13H,4-5,7,10,17H2,1-3H3. The summed E-state index contributed by atoms with van der Waals surface area (Å²) in [4.78, 5) is 2.37. The molecule has 0 saturated heterocycles. The van der Waals surface area contributed by atoms with Crippen LogP contribution in [0.3, 0.4) is 0 Å². The van der Waals surface area contributed by atoms with Gasteiger partial charge in [0.25, 0.3) is 0 Å². The van der Waals surface area contributed by atoms with Crippen molar-refractivity contribution in [1.82, 2.24) is 4.90 Å². The molecule has 0 fully saturated rings. The summed E-state index contributed by atoms with van der Waals surface area (Å²) in [7, 11) is 2.16. The van der Waals surface area contributed by atoms with E-state index < -0.39 is 0 Å². The molecule has 18 heavy (non-hydrogen) atoms. The number of rotatable bonds is 7. The van der Waals surface area contributed by atoms with Crippen LogP contribution in [0.4, 0.5) is 0 Å². The summed E-state index contributed by atoms with van der Waals surface area (Å²) in [6.45, 7) is 5.38. The fourth-order valence-electron chi connectivity index (χ4n) is 2.04. The largest absolute Gasteiger partial charge is 0.328 e. The average Bonchev–Trinajstić information content (AvgIpc) is 2.33. The minimum Gasteiger partial charge on any atom is -0.328 e. The van der Waals surface area contributed by atoms with Crippen LogP contribution < -0.4 is 5.73 Å². The van der Waals surface area contributed by atoms with E-state index >= 15 is 0 Å². The molecule has 1 aromatic carbocycles. The van der Waals surface area contributed by atoms with Crippen LogP contribution in [-0.4, -0.2) is 24.5 Å². The van der Waals surface area contributed by atoms with Crippen molar-refractivity contribution in [2.24, 2.45) is 5.73 Å². The van der Waals surface area contributed by atoms with Crippen LogP contribution in [0.15, 0.2) is 24.3 Å². The predicted octanol–water partition coefficient (Wildman–Crippen LogP) is 3.85. The quantitative estimate of drug-likeness (QED) is 0.761. The summed E-state index contributed by atoms with van der Waals surface area (Å²) in [5, 5.41) is 0.810. The lowest BCUT2D eigenvalue weighted by Crippen LogP contribution is -2.24. The molecule has 0 saturated carbocycles. The van der Waals surface area contributed by atoms with Gasteiger partial charge in [-0.2, -0.15) is 0 Å². The Morgan fingerprint density at radius 3 is 2.61 bits per heavy atom. The SMILES string of the molecule is CC(N)CCCCN(C)C(C)c1cccc(Cl)c1. The Kier molecular flexibility index (Phi) is 6.69. The van der Waals surface area contributed by atoms with Crippen LogP contribution >= 0.6 is 11.6 Å². The molecule has 2 nitrogen and oxygen atoms in total. The molecule has 0 aliphatic rings. The first-order chi connectivity index (χ1) is 8.50. The van der Waals surface area contributed by atoms with Gasteiger partial charge in [0, 0.05) is 17.1 Å². The van der Waals surface area contributed by atoms with Crippen molar-refractivity contribution in [3.8, 4) is 0 Å². The maximum absolute atomic E-state index is 6.02. The highest BCUT2D eigenvalue weighted by molar-refractivity contribution is 6.30. The van der Waals surface area contributed by atoms with Crippen molar-refractivity contribution in [3.05, 3.63) is 34.9 Å². The average molecular weight is 269 g/mol. The molecule has 0 radical (unpaired) electrons. The third-order valence-electron chi connectivity index (χ3n) is 3.41. The number of unbranched alkanes of at least 4 members (excludes halogenated alkanes) is 1. The molecule has 0 aromatic heterocycles. The molecule has 102 valence electrons. The number of nitrogens with two attached hydrogens (primary N) is 1. The molecule has 2 atom stereocenters. The van der Waals surface area contributed by atoms with Gasteiger partial charge in [-0.3, -0.25) is 4.90 Å².